The predicted molar refractivity (Wildman–Crippen MR) is 217 cm³/mol. The van der Waals surface area contributed by atoms with Crippen LogP contribution in [0.15, 0.2) is 121 Å². The molecule has 1 aliphatic heterocycles. The second-order valence-corrected chi connectivity index (χ2v) is 21.6. The fourth-order valence-corrected chi connectivity index (χ4v) is 12.0. The molecular weight excluding hydrogens is 659 g/mol. The minimum absolute atomic E-state index is 0.0389. The van der Waals surface area contributed by atoms with Crippen LogP contribution in [0, 0.1) is 20.6 Å². The molecule has 252 valence electrons. The lowest BCUT2D eigenvalue weighted by Crippen LogP contribution is -2.57. The molecule has 5 nitrogen and oxygen atoms in total. The molecule has 0 bridgehead atoms. The summed E-state index contributed by atoms with van der Waals surface area (Å²) in [6.07, 6.45) is 0. The Morgan fingerprint density at radius 1 is 0.569 bits per heavy atom. The van der Waals surface area contributed by atoms with Gasteiger partial charge in [-0.1, -0.05) is 84.9 Å². The van der Waals surface area contributed by atoms with Crippen molar-refractivity contribution in [3.63, 3.8) is 0 Å². The topological polar surface area (TPSA) is 40.7 Å². The molecule has 0 unspecified atom stereocenters. The molecule has 3 heterocycles. The number of para-hydroxylation sites is 6. The SMILES string of the molecule is [2H]C([2H])([2H])c1ccc(-c2cccc(-n3c4ccccc4n4c5ccccc5nc34)c2C([2H])([2H])[2H])c(C([2H])([2H])[2H])c1-c1cccc2c1O[Si](C)(C)c1ccccc1O[Si]2(C)C. The zero-order chi connectivity index (χ0) is 42.7. The number of hydrogen-bond donors (Lipinski definition) is 0. The minimum Gasteiger partial charge on any atom is -0.539 e. The van der Waals surface area contributed by atoms with Crippen LogP contribution in [0.25, 0.3) is 55.8 Å². The highest BCUT2D eigenvalue weighted by molar-refractivity contribution is 6.89. The van der Waals surface area contributed by atoms with Crippen molar-refractivity contribution in [2.75, 3.05) is 0 Å². The summed E-state index contributed by atoms with van der Waals surface area (Å²) in [5, 5.41) is 1.66. The van der Waals surface area contributed by atoms with E-state index in [1.54, 1.807) is 34.9 Å². The molecule has 0 atom stereocenters. The number of imidazole rings is 2. The van der Waals surface area contributed by atoms with E-state index < -0.39 is 37.2 Å². The number of nitrogens with zero attached hydrogens (tertiary/aromatic N) is 3. The summed E-state index contributed by atoms with van der Waals surface area (Å²) < 4.78 is 98.8. The van der Waals surface area contributed by atoms with Crippen molar-refractivity contribution in [2.45, 2.75) is 46.7 Å². The van der Waals surface area contributed by atoms with Crippen molar-refractivity contribution in [1.82, 2.24) is 14.0 Å². The van der Waals surface area contributed by atoms with E-state index in [9.17, 15) is 0 Å². The highest BCUT2D eigenvalue weighted by Crippen LogP contribution is 2.42. The summed E-state index contributed by atoms with van der Waals surface area (Å²) in [5.74, 6) is 1.60. The van der Waals surface area contributed by atoms with E-state index in [2.05, 4.69) is 0 Å². The van der Waals surface area contributed by atoms with Crippen molar-refractivity contribution in [1.29, 1.82) is 0 Å². The number of aromatic nitrogens is 3. The largest absolute Gasteiger partial charge is 0.539 e. The Balaban J connectivity index is 1.38. The van der Waals surface area contributed by atoms with Gasteiger partial charge in [0, 0.05) is 28.3 Å². The summed E-state index contributed by atoms with van der Waals surface area (Å²) in [5.41, 5.74) is 3.24. The Bertz CT molecular complexity index is 3040. The van der Waals surface area contributed by atoms with Gasteiger partial charge in [-0.2, -0.15) is 0 Å². The van der Waals surface area contributed by atoms with Gasteiger partial charge in [-0.25, -0.2) is 4.98 Å². The first-order valence-corrected chi connectivity index (χ1v) is 22.8. The third-order valence-electron chi connectivity index (χ3n) is 10.1. The van der Waals surface area contributed by atoms with Gasteiger partial charge in [0.25, 0.3) is 16.6 Å². The summed E-state index contributed by atoms with van der Waals surface area (Å²) in [4.78, 5) is 4.97. The van der Waals surface area contributed by atoms with Crippen LogP contribution in [0.3, 0.4) is 0 Å². The lowest BCUT2D eigenvalue weighted by atomic mass is 9.87. The Morgan fingerprint density at radius 3 is 2.06 bits per heavy atom. The Hall–Kier alpha value is -5.38. The van der Waals surface area contributed by atoms with Crippen LogP contribution in [0.2, 0.25) is 26.2 Å². The first-order valence-electron chi connectivity index (χ1n) is 21.5. The number of rotatable bonds is 3. The van der Waals surface area contributed by atoms with Crippen LogP contribution in [-0.2, 0) is 0 Å². The maximum absolute atomic E-state index is 9.16. The molecule has 2 aromatic heterocycles. The molecule has 0 fully saturated rings. The third-order valence-corrected chi connectivity index (χ3v) is 14.9. The van der Waals surface area contributed by atoms with E-state index in [4.69, 9.17) is 26.2 Å². The van der Waals surface area contributed by atoms with E-state index in [1.807, 2.05) is 109 Å². The highest BCUT2D eigenvalue weighted by atomic mass is 28.4. The van der Waals surface area contributed by atoms with Crippen LogP contribution < -0.4 is 19.2 Å². The maximum atomic E-state index is 9.16. The summed E-state index contributed by atoms with van der Waals surface area (Å²) in [7, 11) is -5.75. The van der Waals surface area contributed by atoms with Crippen molar-refractivity contribution in [3.05, 3.63) is 138 Å². The molecule has 6 aromatic carbocycles. The lowest BCUT2D eigenvalue weighted by Gasteiger charge is -2.37. The minimum atomic E-state index is -2.94. The lowest BCUT2D eigenvalue weighted by molar-refractivity contribution is 0.535. The molecule has 0 radical (unpaired) electrons. The normalized spacial score (nSPS) is 18.2. The standard InChI is InChI=1S/C44H41N3O2Si2/c1-28-26-27-32(30(3)42(28)33-17-15-25-41-43(33)49-50(4,5)40-24-13-12-23-39(40)48-51(41,6)7)31-16-14-22-35(29(31)2)46-37-20-10-11-21-38(37)47-36-19-9-8-18-34(36)45-44(46)47/h8-27H,1-7H3/i1D3,2D3,3D3. The second kappa shape index (κ2) is 11.3. The monoisotopic (exact) mass is 708 g/mol. The molecule has 8 aromatic rings. The molecule has 7 heteroatoms. The first kappa shape index (κ1) is 23.2. The quantitative estimate of drug-likeness (QED) is 0.172. The van der Waals surface area contributed by atoms with Crippen LogP contribution >= 0.6 is 0 Å². The van der Waals surface area contributed by atoms with Gasteiger partial charge in [0.05, 0.1) is 27.8 Å². The van der Waals surface area contributed by atoms with E-state index >= 15 is 0 Å². The van der Waals surface area contributed by atoms with Crippen LogP contribution in [0.5, 0.6) is 11.5 Å². The van der Waals surface area contributed by atoms with E-state index in [0.717, 1.165) is 32.7 Å². The molecular formula is C44H41N3O2Si2. The Labute approximate surface area is 313 Å². The Morgan fingerprint density at radius 2 is 1.24 bits per heavy atom. The van der Waals surface area contributed by atoms with Gasteiger partial charge in [-0.05, 0) is 117 Å². The van der Waals surface area contributed by atoms with E-state index in [-0.39, 0.29) is 39.1 Å². The first-order chi connectivity index (χ1) is 28.2. The van der Waals surface area contributed by atoms with Gasteiger partial charge < -0.3 is 8.85 Å². The Kier molecular flexibility index (Phi) is 5.14. The van der Waals surface area contributed by atoms with Gasteiger partial charge in [0.15, 0.2) is 0 Å². The van der Waals surface area contributed by atoms with Crippen LogP contribution in [0.1, 0.15) is 29.0 Å². The summed E-state index contributed by atoms with van der Waals surface area (Å²) >= 11 is 0. The molecule has 9 rings (SSSR count). The second-order valence-electron chi connectivity index (χ2n) is 14.1. The zero-order valence-corrected chi connectivity index (χ0v) is 30.7. The van der Waals surface area contributed by atoms with Crippen LogP contribution in [-0.4, -0.2) is 30.6 Å². The fourth-order valence-electron chi connectivity index (χ4n) is 7.66. The average Bonchev–Trinajstić information content (AvgIpc) is 3.70. The fraction of sp³-hybridized carbons (Fsp3) is 0.159. The van der Waals surface area contributed by atoms with Gasteiger partial charge in [-0.15, -0.1) is 0 Å². The number of hydrogen-bond acceptors (Lipinski definition) is 3. The molecule has 0 saturated carbocycles. The van der Waals surface area contributed by atoms with E-state index in [0.29, 0.717) is 22.6 Å². The molecule has 0 spiro atoms. The number of benzene rings is 6. The molecule has 51 heavy (non-hydrogen) atoms. The van der Waals surface area contributed by atoms with Gasteiger partial charge in [0.1, 0.15) is 11.5 Å². The van der Waals surface area contributed by atoms with E-state index in [1.165, 1.54) is 12.1 Å². The smallest absolute Gasteiger partial charge is 0.280 e. The van der Waals surface area contributed by atoms with Gasteiger partial charge >= 0.3 is 0 Å². The molecule has 1 aliphatic rings. The zero-order valence-electron chi connectivity index (χ0n) is 37.7. The molecule has 0 N–H and O–H groups in total. The average molecular weight is 709 g/mol. The van der Waals surface area contributed by atoms with Crippen molar-refractivity contribution in [2.24, 2.45) is 0 Å². The maximum Gasteiger partial charge on any atom is 0.280 e. The van der Waals surface area contributed by atoms with Crippen molar-refractivity contribution >= 4 is 54.9 Å². The predicted octanol–water partition coefficient (Wildman–Crippen LogP) is 9.99. The molecule has 0 amide bonds. The van der Waals surface area contributed by atoms with Gasteiger partial charge in [-0.3, -0.25) is 8.97 Å². The van der Waals surface area contributed by atoms with Crippen LogP contribution in [0.4, 0.5) is 0 Å². The molecule has 0 saturated heterocycles. The summed E-state index contributed by atoms with van der Waals surface area (Å²) in [6, 6.07) is 36.3. The van der Waals surface area contributed by atoms with Crippen molar-refractivity contribution in [3.8, 4) is 39.4 Å². The highest BCUT2D eigenvalue weighted by Gasteiger charge is 2.41. The van der Waals surface area contributed by atoms with Gasteiger partial charge in [0.2, 0.25) is 5.78 Å². The number of fused-ring (bicyclic) bond motifs is 7. The van der Waals surface area contributed by atoms with Crippen molar-refractivity contribution < 1.29 is 21.2 Å². The third kappa shape index (κ3) is 4.75. The number of aryl methyl sites for hydroxylation is 1. The molecule has 0 aliphatic carbocycles. The summed E-state index contributed by atoms with van der Waals surface area (Å²) in [6.45, 7) is -0.374.